The summed E-state index contributed by atoms with van der Waals surface area (Å²) in [6.07, 6.45) is 0.858. The summed E-state index contributed by atoms with van der Waals surface area (Å²) in [5.74, 6) is 2.35. The van der Waals surface area contributed by atoms with E-state index in [1.54, 1.807) is 7.11 Å². The van der Waals surface area contributed by atoms with Gasteiger partial charge in [0.2, 0.25) is 0 Å². The highest BCUT2D eigenvalue weighted by Crippen LogP contribution is 2.21. The van der Waals surface area contributed by atoms with Crippen molar-refractivity contribution in [1.82, 2.24) is 15.8 Å². The normalized spacial score (nSPS) is 11.1. The van der Waals surface area contributed by atoms with Gasteiger partial charge in [-0.25, -0.2) is 4.99 Å². The second-order valence-corrected chi connectivity index (χ2v) is 6.14. The van der Waals surface area contributed by atoms with Crippen molar-refractivity contribution in [1.29, 1.82) is 0 Å². The number of nitrogens with one attached hydrogen (secondary N) is 2. The van der Waals surface area contributed by atoms with Gasteiger partial charge in [0.25, 0.3) is 0 Å². The topological polar surface area (TPSA) is 80.9 Å². The Morgan fingerprint density at radius 3 is 2.68 bits per heavy atom. The molecule has 2 rings (SSSR count). The van der Waals surface area contributed by atoms with Gasteiger partial charge in [-0.15, -0.1) is 24.0 Å². The lowest BCUT2D eigenvalue weighted by atomic mass is 10.1. The number of hydrogen-bond acceptors (Lipinski definition) is 5. The monoisotopic (exact) mass is 502 g/mol. The summed E-state index contributed by atoms with van der Waals surface area (Å²) in [4.78, 5) is 4.67. The SMILES string of the molecule is CCNC(=NCc1ccc(C)cc1OCCOC)NCc1cc(CC)no1.I. The molecule has 0 saturated carbocycles. The molecule has 0 aliphatic carbocycles. The zero-order chi connectivity index (χ0) is 19.5. The minimum atomic E-state index is 0. The van der Waals surface area contributed by atoms with Crippen LogP contribution in [-0.4, -0.2) is 38.0 Å². The number of aromatic nitrogens is 1. The van der Waals surface area contributed by atoms with Crippen molar-refractivity contribution >= 4 is 29.9 Å². The Balaban J connectivity index is 0.00000392. The van der Waals surface area contributed by atoms with Gasteiger partial charge in [-0.3, -0.25) is 0 Å². The van der Waals surface area contributed by atoms with Crippen molar-refractivity contribution in [3.8, 4) is 5.75 Å². The van der Waals surface area contributed by atoms with Gasteiger partial charge in [-0.05, 0) is 31.9 Å². The van der Waals surface area contributed by atoms with Crippen LogP contribution in [0.15, 0.2) is 33.8 Å². The summed E-state index contributed by atoms with van der Waals surface area (Å²) >= 11 is 0. The van der Waals surface area contributed by atoms with Gasteiger partial charge in [-0.1, -0.05) is 24.2 Å². The van der Waals surface area contributed by atoms with E-state index in [4.69, 9.17) is 14.0 Å². The van der Waals surface area contributed by atoms with Gasteiger partial charge in [0, 0.05) is 25.3 Å². The molecule has 0 aliphatic heterocycles. The van der Waals surface area contributed by atoms with Crippen molar-refractivity contribution in [2.75, 3.05) is 26.9 Å². The maximum absolute atomic E-state index is 5.84. The van der Waals surface area contributed by atoms with Crippen LogP contribution in [0.4, 0.5) is 0 Å². The lowest BCUT2D eigenvalue weighted by molar-refractivity contribution is 0.145. The molecule has 7 nitrogen and oxygen atoms in total. The van der Waals surface area contributed by atoms with Crippen molar-refractivity contribution < 1.29 is 14.0 Å². The average Bonchev–Trinajstić information content (AvgIpc) is 3.13. The van der Waals surface area contributed by atoms with Crippen molar-refractivity contribution in [3.05, 3.63) is 46.8 Å². The zero-order valence-electron chi connectivity index (χ0n) is 17.1. The van der Waals surface area contributed by atoms with E-state index in [0.29, 0.717) is 26.3 Å². The highest BCUT2D eigenvalue weighted by molar-refractivity contribution is 14.0. The number of aryl methyl sites for hydroxylation is 2. The highest BCUT2D eigenvalue weighted by Gasteiger charge is 2.07. The first-order chi connectivity index (χ1) is 13.2. The van der Waals surface area contributed by atoms with Crippen LogP contribution in [0.1, 0.15) is 36.4 Å². The number of rotatable bonds is 10. The zero-order valence-corrected chi connectivity index (χ0v) is 19.4. The van der Waals surface area contributed by atoms with Gasteiger partial charge in [-0.2, -0.15) is 0 Å². The van der Waals surface area contributed by atoms with Crippen LogP contribution in [0.25, 0.3) is 0 Å². The van der Waals surface area contributed by atoms with Gasteiger partial charge >= 0.3 is 0 Å². The maximum Gasteiger partial charge on any atom is 0.191 e. The highest BCUT2D eigenvalue weighted by atomic mass is 127. The van der Waals surface area contributed by atoms with Gasteiger partial charge in [0.15, 0.2) is 11.7 Å². The third-order valence-corrected chi connectivity index (χ3v) is 3.92. The molecule has 0 aliphatic rings. The molecule has 1 aromatic heterocycles. The van der Waals surface area contributed by atoms with E-state index in [0.717, 1.165) is 47.3 Å². The Kier molecular flexibility index (Phi) is 11.6. The van der Waals surface area contributed by atoms with Gasteiger partial charge in [0.1, 0.15) is 12.4 Å². The van der Waals surface area contributed by atoms with E-state index in [2.05, 4.69) is 39.8 Å². The Bertz CT molecular complexity index is 734. The smallest absolute Gasteiger partial charge is 0.191 e. The van der Waals surface area contributed by atoms with Crippen LogP contribution < -0.4 is 15.4 Å². The average molecular weight is 502 g/mol. The Morgan fingerprint density at radius 2 is 2.00 bits per heavy atom. The van der Waals surface area contributed by atoms with E-state index < -0.39 is 0 Å². The molecule has 0 unspecified atom stereocenters. The fraction of sp³-hybridized carbons (Fsp3) is 0.500. The minimum Gasteiger partial charge on any atom is -0.491 e. The molecule has 1 aromatic carbocycles. The largest absolute Gasteiger partial charge is 0.491 e. The van der Waals surface area contributed by atoms with Crippen molar-refractivity contribution in [2.24, 2.45) is 4.99 Å². The third-order valence-electron chi connectivity index (χ3n) is 3.92. The molecule has 2 aromatic rings. The van der Waals surface area contributed by atoms with Crippen LogP contribution in [0.5, 0.6) is 5.75 Å². The van der Waals surface area contributed by atoms with Crippen LogP contribution in [0.2, 0.25) is 0 Å². The first-order valence-corrected chi connectivity index (χ1v) is 9.34. The van der Waals surface area contributed by atoms with Crippen LogP contribution in [-0.2, 0) is 24.2 Å². The summed E-state index contributed by atoms with van der Waals surface area (Å²) < 4.78 is 16.2. The molecule has 0 bridgehead atoms. The number of methoxy groups -OCH3 is 1. The predicted molar refractivity (Wildman–Crippen MR) is 122 cm³/mol. The number of halogens is 1. The molecule has 2 N–H and O–H groups in total. The fourth-order valence-corrected chi connectivity index (χ4v) is 2.44. The van der Waals surface area contributed by atoms with E-state index in [9.17, 15) is 0 Å². The second kappa shape index (κ2) is 13.4. The Hall–Kier alpha value is -1.81. The number of aliphatic imine (C=N–C) groups is 1. The lowest BCUT2D eigenvalue weighted by Gasteiger charge is -2.13. The maximum atomic E-state index is 5.84. The fourth-order valence-electron chi connectivity index (χ4n) is 2.44. The summed E-state index contributed by atoms with van der Waals surface area (Å²) in [6, 6.07) is 8.10. The number of nitrogens with zero attached hydrogens (tertiary/aromatic N) is 2. The summed E-state index contributed by atoms with van der Waals surface area (Å²) in [5.41, 5.74) is 3.13. The molecule has 0 spiro atoms. The molecular weight excluding hydrogens is 471 g/mol. The van der Waals surface area contributed by atoms with E-state index >= 15 is 0 Å². The molecule has 28 heavy (non-hydrogen) atoms. The lowest BCUT2D eigenvalue weighted by Crippen LogP contribution is -2.36. The first kappa shape index (κ1) is 24.2. The van der Waals surface area contributed by atoms with E-state index in [-0.39, 0.29) is 24.0 Å². The molecule has 1 heterocycles. The van der Waals surface area contributed by atoms with Crippen molar-refractivity contribution in [2.45, 2.75) is 40.3 Å². The summed E-state index contributed by atoms with van der Waals surface area (Å²) in [6.45, 7) is 9.01. The quantitative estimate of drug-likeness (QED) is 0.224. The number of benzene rings is 1. The van der Waals surface area contributed by atoms with Gasteiger partial charge in [0.05, 0.1) is 25.4 Å². The molecule has 0 atom stereocenters. The van der Waals surface area contributed by atoms with E-state index in [1.807, 2.05) is 26.0 Å². The molecular formula is C20H31IN4O3. The standard InChI is InChI=1S/C20H30N4O3.HI/c1-5-17-12-18(27-24-17)14-23-20(21-6-2)22-13-16-8-7-15(3)11-19(16)26-10-9-25-4;/h7-8,11-12H,5-6,9-10,13-14H2,1-4H3,(H2,21,22,23);1H. The number of guanidine groups is 1. The molecule has 0 radical (unpaired) electrons. The van der Waals surface area contributed by atoms with Gasteiger partial charge < -0.3 is 24.6 Å². The van der Waals surface area contributed by atoms with E-state index in [1.165, 1.54) is 0 Å². The molecule has 0 amide bonds. The van der Waals surface area contributed by atoms with Crippen LogP contribution in [0, 0.1) is 6.92 Å². The predicted octanol–water partition coefficient (Wildman–Crippen LogP) is 3.44. The Labute approximate surface area is 184 Å². The number of hydrogen-bond donors (Lipinski definition) is 2. The first-order valence-electron chi connectivity index (χ1n) is 9.34. The van der Waals surface area contributed by atoms with Crippen molar-refractivity contribution in [3.63, 3.8) is 0 Å². The minimum absolute atomic E-state index is 0. The molecule has 156 valence electrons. The Morgan fingerprint density at radius 1 is 1.18 bits per heavy atom. The second-order valence-electron chi connectivity index (χ2n) is 6.14. The summed E-state index contributed by atoms with van der Waals surface area (Å²) in [7, 11) is 1.66. The molecule has 0 fully saturated rings. The summed E-state index contributed by atoms with van der Waals surface area (Å²) in [5, 5.41) is 10.5. The third kappa shape index (κ3) is 8.05. The van der Waals surface area contributed by atoms with Crippen LogP contribution in [0.3, 0.4) is 0 Å². The van der Waals surface area contributed by atoms with Crippen LogP contribution >= 0.6 is 24.0 Å². The number of ether oxygens (including phenoxy) is 2. The molecule has 8 heteroatoms. The molecule has 0 saturated heterocycles.